The summed E-state index contributed by atoms with van der Waals surface area (Å²) in [7, 11) is 0. The van der Waals surface area contributed by atoms with Crippen molar-refractivity contribution in [2.45, 2.75) is 77.8 Å². The Bertz CT molecular complexity index is 234. The standard InChI is InChI=1S/C17H34N2/c1-4-6-12-19(14(3)5-2)13-11-18-17(15-7-8-15)16-9-10-16/h14-18H,4-13H2,1-3H3. The number of nitrogens with one attached hydrogen (secondary N) is 1. The van der Waals surface area contributed by atoms with Crippen LogP contribution in [0.25, 0.3) is 0 Å². The number of unbranched alkanes of at least 4 members (excludes halogenated alkanes) is 1. The van der Waals surface area contributed by atoms with Gasteiger partial charge in [-0.3, -0.25) is 4.90 Å². The lowest BCUT2D eigenvalue weighted by Crippen LogP contribution is -2.42. The zero-order valence-electron chi connectivity index (χ0n) is 13.3. The third-order valence-corrected chi connectivity index (χ3v) is 5.05. The third kappa shape index (κ3) is 5.07. The number of nitrogens with zero attached hydrogens (tertiary/aromatic N) is 1. The molecule has 0 radical (unpaired) electrons. The summed E-state index contributed by atoms with van der Waals surface area (Å²) in [5.41, 5.74) is 0. The smallest absolute Gasteiger partial charge is 0.0124 e. The topological polar surface area (TPSA) is 15.3 Å². The Hall–Kier alpha value is -0.0800. The van der Waals surface area contributed by atoms with E-state index in [9.17, 15) is 0 Å². The van der Waals surface area contributed by atoms with Gasteiger partial charge in [0.1, 0.15) is 0 Å². The molecule has 2 saturated carbocycles. The SMILES string of the molecule is CCCCN(CCNC(C1CC1)C1CC1)C(C)CC. The molecule has 0 aromatic carbocycles. The van der Waals surface area contributed by atoms with Crippen LogP contribution in [0.3, 0.4) is 0 Å². The van der Waals surface area contributed by atoms with E-state index in [0.29, 0.717) is 0 Å². The highest BCUT2D eigenvalue weighted by Crippen LogP contribution is 2.44. The molecule has 2 aliphatic rings. The fourth-order valence-corrected chi connectivity index (χ4v) is 3.18. The number of hydrogen-bond acceptors (Lipinski definition) is 2. The van der Waals surface area contributed by atoms with Crippen molar-refractivity contribution in [3.8, 4) is 0 Å². The fourth-order valence-electron chi connectivity index (χ4n) is 3.18. The molecule has 2 heteroatoms. The minimum atomic E-state index is 0.744. The Kier molecular flexibility index (Phi) is 6.15. The van der Waals surface area contributed by atoms with E-state index in [1.807, 2.05) is 0 Å². The fraction of sp³-hybridized carbons (Fsp3) is 1.00. The van der Waals surface area contributed by atoms with Gasteiger partial charge in [0, 0.05) is 25.2 Å². The summed E-state index contributed by atoms with van der Waals surface area (Å²) in [4.78, 5) is 2.69. The molecule has 2 rings (SSSR count). The van der Waals surface area contributed by atoms with E-state index in [0.717, 1.165) is 23.9 Å². The summed E-state index contributed by atoms with van der Waals surface area (Å²) >= 11 is 0. The Morgan fingerprint density at radius 2 is 1.68 bits per heavy atom. The summed E-state index contributed by atoms with van der Waals surface area (Å²) < 4.78 is 0. The van der Waals surface area contributed by atoms with Gasteiger partial charge in [0.15, 0.2) is 0 Å². The Labute approximate surface area is 120 Å². The van der Waals surface area contributed by atoms with Crippen LogP contribution in [0.15, 0.2) is 0 Å². The minimum Gasteiger partial charge on any atom is -0.312 e. The van der Waals surface area contributed by atoms with Crippen LogP contribution < -0.4 is 5.32 Å². The third-order valence-electron chi connectivity index (χ3n) is 5.05. The van der Waals surface area contributed by atoms with Gasteiger partial charge in [0.05, 0.1) is 0 Å². The van der Waals surface area contributed by atoms with Gasteiger partial charge in [-0.25, -0.2) is 0 Å². The van der Waals surface area contributed by atoms with E-state index in [-0.39, 0.29) is 0 Å². The lowest BCUT2D eigenvalue weighted by Gasteiger charge is -2.29. The summed E-state index contributed by atoms with van der Waals surface area (Å²) in [5, 5.41) is 3.89. The van der Waals surface area contributed by atoms with Crippen LogP contribution in [0.4, 0.5) is 0 Å². The molecule has 0 bridgehead atoms. The van der Waals surface area contributed by atoms with Gasteiger partial charge in [-0.15, -0.1) is 0 Å². The van der Waals surface area contributed by atoms with Crippen LogP contribution in [-0.2, 0) is 0 Å². The monoisotopic (exact) mass is 266 g/mol. The van der Waals surface area contributed by atoms with Gasteiger partial charge < -0.3 is 5.32 Å². The normalized spacial score (nSPS) is 21.3. The second-order valence-electron chi connectivity index (χ2n) is 6.80. The van der Waals surface area contributed by atoms with Gasteiger partial charge in [0.25, 0.3) is 0 Å². The van der Waals surface area contributed by atoms with Crippen LogP contribution in [0.1, 0.15) is 65.7 Å². The molecule has 2 aliphatic carbocycles. The Balaban J connectivity index is 1.67. The molecule has 2 nitrogen and oxygen atoms in total. The average molecular weight is 266 g/mol. The molecular formula is C17H34N2. The molecule has 0 aromatic rings. The molecule has 0 heterocycles. The van der Waals surface area contributed by atoms with E-state index in [1.165, 1.54) is 64.6 Å². The lowest BCUT2D eigenvalue weighted by molar-refractivity contribution is 0.196. The summed E-state index contributed by atoms with van der Waals surface area (Å²) in [5.74, 6) is 2.06. The van der Waals surface area contributed by atoms with Crippen LogP contribution in [-0.4, -0.2) is 36.6 Å². The molecule has 1 unspecified atom stereocenters. The van der Waals surface area contributed by atoms with Gasteiger partial charge in [0.2, 0.25) is 0 Å². The summed E-state index contributed by atoms with van der Waals surface area (Å²) in [6.45, 7) is 10.7. The first kappa shape index (κ1) is 15.3. The zero-order valence-corrected chi connectivity index (χ0v) is 13.3. The van der Waals surface area contributed by atoms with Gasteiger partial charge in [-0.05, 0) is 63.8 Å². The molecule has 1 atom stereocenters. The molecule has 0 amide bonds. The van der Waals surface area contributed by atoms with Crippen LogP contribution >= 0.6 is 0 Å². The highest BCUT2D eigenvalue weighted by atomic mass is 15.2. The second-order valence-corrected chi connectivity index (χ2v) is 6.80. The van der Waals surface area contributed by atoms with Crippen molar-refractivity contribution in [1.82, 2.24) is 10.2 Å². The van der Waals surface area contributed by atoms with Crippen molar-refractivity contribution < 1.29 is 0 Å². The van der Waals surface area contributed by atoms with E-state index < -0.39 is 0 Å². The van der Waals surface area contributed by atoms with Gasteiger partial charge in [-0.2, -0.15) is 0 Å². The highest BCUT2D eigenvalue weighted by Gasteiger charge is 2.40. The largest absolute Gasteiger partial charge is 0.312 e. The molecular weight excluding hydrogens is 232 g/mol. The van der Waals surface area contributed by atoms with Crippen molar-refractivity contribution in [2.75, 3.05) is 19.6 Å². The van der Waals surface area contributed by atoms with Crippen molar-refractivity contribution in [3.05, 3.63) is 0 Å². The van der Waals surface area contributed by atoms with E-state index in [4.69, 9.17) is 0 Å². The first-order valence-electron chi connectivity index (χ1n) is 8.73. The van der Waals surface area contributed by atoms with E-state index >= 15 is 0 Å². The van der Waals surface area contributed by atoms with Crippen molar-refractivity contribution in [2.24, 2.45) is 11.8 Å². The van der Waals surface area contributed by atoms with E-state index in [2.05, 4.69) is 31.0 Å². The first-order chi connectivity index (χ1) is 9.26. The quantitative estimate of drug-likeness (QED) is 0.614. The van der Waals surface area contributed by atoms with E-state index in [1.54, 1.807) is 0 Å². The molecule has 0 spiro atoms. The summed E-state index contributed by atoms with van der Waals surface area (Å²) in [6, 6.07) is 1.61. The Morgan fingerprint density at radius 3 is 2.16 bits per heavy atom. The average Bonchev–Trinajstić information content (AvgIpc) is 3.29. The number of hydrogen-bond donors (Lipinski definition) is 1. The van der Waals surface area contributed by atoms with Crippen LogP contribution in [0.2, 0.25) is 0 Å². The van der Waals surface area contributed by atoms with Crippen LogP contribution in [0.5, 0.6) is 0 Å². The van der Waals surface area contributed by atoms with Crippen molar-refractivity contribution >= 4 is 0 Å². The maximum Gasteiger partial charge on any atom is 0.0124 e. The molecule has 0 aromatic heterocycles. The maximum atomic E-state index is 3.89. The highest BCUT2D eigenvalue weighted by molar-refractivity contribution is 4.96. The molecule has 0 aliphatic heterocycles. The molecule has 112 valence electrons. The van der Waals surface area contributed by atoms with Gasteiger partial charge >= 0.3 is 0 Å². The lowest BCUT2D eigenvalue weighted by atomic mass is 10.1. The Morgan fingerprint density at radius 1 is 1.05 bits per heavy atom. The van der Waals surface area contributed by atoms with Crippen molar-refractivity contribution in [1.29, 1.82) is 0 Å². The predicted octanol–water partition coefficient (Wildman–Crippen LogP) is 3.67. The van der Waals surface area contributed by atoms with Gasteiger partial charge in [-0.1, -0.05) is 20.3 Å². The van der Waals surface area contributed by atoms with Crippen LogP contribution in [0, 0.1) is 11.8 Å². The molecule has 0 saturated heterocycles. The minimum absolute atomic E-state index is 0.744. The summed E-state index contributed by atoms with van der Waals surface area (Å²) in [6.07, 6.45) is 9.88. The number of rotatable bonds is 11. The predicted molar refractivity (Wildman–Crippen MR) is 83.5 cm³/mol. The molecule has 1 N–H and O–H groups in total. The first-order valence-corrected chi connectivity index (χ1v) is 8.73. The zero-order chi connectivity index (χ0) is 13.7. The molecule has 19 heavy (non-hydrogen) atoms. The molecule has 2 fully saturated rings. The maximum absolute atomic E-state index is 3.89. The second kappa shape index (κ2) is 7.64. The van der Waals surface area contributed by atoms with Crippen molar-refractivity contribution in [3.63, 3.8) is 0 Å².